The maximum atomic E-state index is 12.5. The topological polar surface area (TPSA) is 44.0 Å². The quantitative estimate of drug-likeness (QED) is 0.736. The molecule has 0 spiro atoms. The Bertz CT molecular complexity index is 849. The van der Waals surface area contributed by atoms with E-state index in [0.717, 1.165) is 11.3 Å². The van der Waals surface area contributed by atoms with Gasteiger partial charge >= 0.3 is 5.69 Å². The van der Waals surface area contributed by atoms with Crippen LogP contribution in [0.15, 0.2) is 82.5 Å². The van der Waals surface area contributed by atoms with Crippen LogP contribution in [-0.4, -0.2) is 9.13 Å². The molecule has 0 aliphatic heterocycles. The molecule has 21 heavy (non-hydrogen) atoms. The highest BCUT2D eigenvalue weighted by atomic mass is 16.2. The molecule has 1 aromatic heterocycles. The number of benzene rings is 2. The van der Waals surface area contributed by atoms with Crippen LogP contribution in [0.3, 0.4) is 0 Å². The zero-order chi connectivity index (χ0) is 14.7. The molecule has 0 bridgehead atoms. The summed E-state index contributed by atoms with van der Waals surface area (Å²) in [6.45, 7) is 0.270. The molecule has 0 saturated carbocycles. The lowest BCUT2D eigenvalue weighted by molar-refractivity contribution is 0.668. The number of hydrogen-bond acceptors (Lipinski definition) is 2. The van der Waals surface area contributed by atoms with Crippen LogP contribution in [0.5, 0.6) is 0 Å². The van der Waals surface area contributed by atoms with Gasteiger partial charge in [0, 0.05) is 12.3 Å². The molecule has 0 radical (unpaired) electrons. The molecule has 0 unspecified atom stereocenters. The van der Waals surface area contributed by atoms with E-state index in [9.17, 15) is 9.59 Å². The van der Waals surface area contributed by atoms with Crippen LogP contribution in [-0.2, 0) is 6.54 Å². The largest absolute Gasteiger partial charge is 0.335 e. The van der Waals surface area contributed by atoms with Gasteiger partial charge in [0.15, 0.2) is 0 Å². The maximum Gasteiger partial charge on any atom is 0.335 e. The van der Waals surface area contributed by atoms with Gasteiger partial charge in [-0.1, -0.05) is 48.5 Å². The molecule has 4 nitrogen and oxygen atoms in total. The van der Waals surface area contributed by atoms with Crippen molar-refractivity contribution in [3.63, 3.8) is 0 Å². The normalized spacial score (nSPS) is 10.5. The van der Waals surface area contributed by atoms with E-state index in [1.807, 2.05) is 60.7 Å². The van der Waals surface area contributed by atoms with E-state index >= 15 is 0 Å². The fourth-order valence-electron chi connectivity index (χ4n) is 2.21. The van der Waals surface area contributed by atoms with Gasteiger partial charge in [0.05, 0.1) is 12.2 Å². The Morgan fingerprint density at radius 3 is 2.05 bits per heavy atom. The van der Waals surface area contributed by atoms with Gasteiger partial charge < -0.3 is 0 Å². The average molecular weight is 278 g/mol. The molecule has 2 aromatic carbocycles. The molecular formula is C17H14N2O2. The molecule has 0 N–H and O–H groups in total. The first-order valence-corrected chi connectivity index (χ1v) is 6.67. The molecule has 3 rings (SSSR count). The standard InChI is InChI=1S/C17H14N2O2/c20-16-11-12-18(15-9-5-2-6-10-15)17(21)19(16)13-14-7-3-1-4-8-14/h1-12H,13H2. The van der Waals surface area contributed by atoms with Gasteiger partial charge in [-0.2, -0.15) is 0 Å². The van der Waals surface area contributed by atoms with Crippen LogP contribution in [0, 0.1) is 0 Å². The van der Waals surface area contributed by atoms with Crippen molar-refractivity contribution in [1.82, 2.24) is 9.13 Å². The Morgan fingerprint density at radius 1 is 0.762 bits per heavy atom. The van der Waals surface area contributed by atoms with E-state index in [0.29, 0.717) is 0 Å². The van der Waals surface area contributed by atoms with E-state index in [-0.39, 0.29) is 17.8 Å². The van der Waals surface area contributed by atoms with Gasteiger partial charge in [-0.15, -0.1) is 0 Å². The zero-order valence-corrected chi connectivity index (χ0v) is 11.3. The summed E-state index contributed by atoms with van der Waals surface area (Å²) in [5.41, 5.74) is 1.03. The van der Waals surface area contributed by atoms with Crippen molar-refractivity contribution in [1.29, 1.82) is 0 Å². The monoisotopic (exact) mass is 278 g/mol. The Labute approximate surface area is 121 Å². The first-order valence-electron chi connectivity index (χ1n) is 6.67. The lowest BCUT2D eigenvalue weighted by atomic mass is 10.2. The summed E-state index contributed by atoms with van der Waals surface area (Å²) >= 11 is 0. The summed E-state index contributed by atoms with van der Waals surface area (Å²) < 4.78 is 2.71. The molecule has 1 heterocycles. The fraction of sp³-hybridized carbons (Fsp3) is 0.0588. The number of para-hydroxylation sites is 1. The highest BCUT2D eigenvalue weighted by molar-refractivity contribution is 5.31. The van der Waals surface area contributed by atoms with Gasteiger partial charge in [0.1, 0.15) is 0 Å². The first kappa shape index (κ1) is 13.1. The lowest BCUT2D eigenvalue weighted by Crippen LogP contribution is -2.38. The number of hydrogen-bond donors (Lipinski definition) is 0. The van der Waals surface area contributed by atoms with E-state index in [1.165, 1.54) is 21.4 Å². The van der Waals surface area contributed by atoms with Crippen LogP contribution in [0.4, 0.5) is 0 Å². The average Bonchev–Trinajstić information content (AvgIpc) is 2.53. The van der Waals surface area contributed by atoms with Crippen molar-refractivity contribution in [2.45, 2.75) is 6.54 Å². The summed E-state index contributed by atoms with van der Waals surface area (Å²) in [5, 5.41) is 0. The van der Waals surface area contributed by atoms with Gasteiger partial charge in [0.25, 0.3) is 5.56 Å². The second-order valence-electron chi connectivity index (χ2n) is 4.71. The molecule has 0 aliphatic rings. The third-order valence-corrected chi connectivity index (χ3v) is 3.29. The molecule has 4 heteroatoms. The Balaban J connectivity index is 2.10. The number of rotatable bonds is 3. The summed E-state index contributed by atoms with van der Waals surface area (Å²) in [4.78, 5) is 24.5. The van der Waals surface area contributed by atoms with Crippen molar-refractivity contribution in [2.75, 3.05) is 0 Å². The predicted molar refractivity (Wildman–Crippen MR) is 81.8 cm³/mol. The highest BCUT2D eigenvalue weighted by Crippen LogP contribution is 2.03. The molecule has 0 fully saturated rings. The minimum absolute atomic E-state index is 0.270. The number of aromatic nitrogens is 2. The molecule has 0 saturated heterocycles. The second kappa shape index (κ2) is 5.63. The van der Waals surface area contributed by atoms with E-state index in [4.69, 9.17) is 0 Å². The Hall–Kier alpha value is -2.88. The maximum absolute atomic E-state index is 12.5. The third-order valence-electron chi connectivity index (χ3n) is 3.29. The summed E-state index contributed by atoms with van der Waals surface area (Å²) in [6.07, 6.45) is 1.52. The van der Waals surface area contributed by atoms with Crippen molar-refractivity contribution < 1.29 is 0 Å². The van der Waals surface area contributed by atoms with Crippen LogP contribution in [0.2, 0.25) is 0 Å². The van der Waals surface area contributed by atoms with E-state index in [1.54, 1.807) is 0 Å². The minimum atomic E-state index is -0.336. The first-order chi connectivity index (χ1) is 10.3. The SMILES string of the molecule is O=c1ccn(-c2ccccc2)c(=O)n1Cc1ccccc1. The van der Waals surface area contributed by atoms with Gasteiger partial charge in [0.2, 0.25) is 0 Å². The summed E-state index contributed by atoms with van der Waals surface area (Å²) in [6, 6.07) is 20.1. The van der Waals surface area contributed by atoms with Crippen LogP contribution < -0.4 is 11.2 Å². The summed E-state index contributed by atoms with van der Waals surface area (Å²) in [7, 11) is 0. The molecule has 0 amide bonds. The molecule has 104 valence electrons. The fourth-order valence-corrected chi connectivity index (χ4v) is 2.21. The van der Waals surface area contributed by atoms with E-state index < -0.39 is 0 Å². The minimum Gasteiger partial charge on any atom is -0.269 e. The molecular weight excluding hydrogens is 264 g/mol. The lowest BCUT2D eigenvalue weighted by Gasteiger charge is -2.09. The molecule has 0 atom stereocenters. The highest BCUT2D eigenvalue weighted by Gasteiger charge is 2.07. The second-order valence-corrected chi connectivity index (χ2v) is 4.71. The van der Waals surface area contributed by atoms with Gasteiger partial charge in [-0.3, -0.25) is 13.9 Å². The Kier molecular flexibility index (Phi) is 3.51. The van der Waals surface area contributed by atoms with Crippen LogP contribution in [0.1, 0.15) is 5.56 Å². The van der Waals surface area contributed by atoms with Crippen molar-refractivity contribution in [2.24, 2.45) is 0 Å². The van der Waals surface area contributed by atoms with Crippen molar-refractivity contribution in [3.8, 4) is 5.69 Å². The van der Waals surface area contributed by atoms with Crippen molar-refractivity contribution in [3.05, 3.63) is 99.3 Å². The number of nitrogens with zero attached hydrogens (tertiary/aromatic N) is 2. The molecule has 0 aliphatic carbocycles. The smallest absolute Gasteiger partial charge is 0.269 e. The molecule has 3 aromatic rings. The Morgan fingerprint density at radius 2 is 1.38 bits per heavy atom. The predicted octanol–water partition coefficient (Wildman–Crippen LogP) is 2.05. The van der Waals surface area contributed by atoms with Crippen molar-refractivity contribution >= 4 is 0 Å². The van der Waals surface area contributed by atoms with Crippen LogP contribution in [0.25, 0.3) is 5.69 Å². The zero-order valence-electron chi connectivity index (χ0n) is 11.3. The van der Waals surface area contributed by atoms with Gasteiger partial charge in [-0.05, 0) is 17.7 Å². The van der Waals surface area contributed by atoms with Gasteiger partial charge in [-0.25, -0.2) is 4.79 Å². The summed E-state index contributed by atoms with van der Waals surface area (Å²) in [5.74, 6) is 0. The van der Waals surface area contributed by atoms with E-state index in [2.05, 4.69) is 0 Å². The third kappa shape index (κ3) is 2.69. The van der Waals surface area contributed by atoms with Crippen LogP contribution >= 0.6 is 0 Å².